The van der Waals surface area contributed by atoms with Crippen LogP contribution < -0.4 is 16.4 Å². The molecule has 0 radical (unpaired) electrons. The van der Waals surface area contributed by atoms with E-state index < -0.39 is 0 Å². The number of rotatable bonds is 6. The Labute approximate surface area is 114 Å². The first kappa shape index (κ1) is 15.3. The zero-order valence-corrected chi connectivity index (χ0v) is 11.7. The van der Waals surface area contributed by atoms with Gasteiger partial charge in [-0.05, 0) is 30.5 Å². The molecule has 0 spiro atoms. The third kappa shape index (κ3) is 4.44. The highest BCUT2D eigenvalue weighted by atomic mass is 16.3. The van der Waals surface area contributed by atoms with E-state index in [1.807, 2.05) is 0 Å². The van der Waals surface area contributed by atoms with Gasteiger partial charge in [-0.25, -0.2) is 0 Å². The Morgan fingerprint density at radius 3 is 2.58 bits per heavy atom. The van der Waals surface area contributed by atoms with Crippen molar-refractivity contribution in [2.24, 2.45) is 5.92 Å². The lowest BCUT2D eigenvalue weighted by Crippen LogP contribution is -2.26. The molecule has 1 amide bonds. The summed E-state index contributed by atoms with van der Waals surface area (Å²) in [7, 11) is 1.58. The number of aliphatic hydroxyl groups excluding tert-OH is 1. The first-order valence-corrected chi connectivity index (χ1v) is 6.47. The standard InChI is InChI=1S/C14H23N3O2/c1-9(2)6-11(8-18)17-13-5-4-10(7-12(13)15)14(19)16-3/h4-5,7,9,11,17-18H,6,8,15H2,1-3H3,(H,16,19). The minimum absolute atomic E-state index is 0.0341. The number of anilines is 2. The number of hydrogen-bond donors (Lipinski definition) is 4. The van der Waals surface area contributed by atoms with Gasteiger partial charge in [0.25, 0.3) is 5.91 Å². The minimum atomic E-state index is -0.167. The fraction of sp³-hybridized carbons (Fsp3) is 0.500. The summed E-state index contributed by atoms with van der Waals surface area (Å²) in [5.41, 5.74) is 7.69. The molecular formula is C14H23N3O2. The van der Waals surface area contributed by atoms with Crippen LogP contribution in [-0.4, -0.2) is 30.7 Å². The second-order valence-electron chi connectivity index (χ2n) is 5.03. The number of nitrogens with two attached hydrogens (primary N) is 1. The molecule has 5 nitrogen and oxygen atoms in total. The molecule has 0 heterocycles. The predicted octanol–water partition coefficient (Wildman–Crippen LogP) is 1.45. The Morgan fingerprint density at radius 2 is 2.11 bits per heavy atom. The van der Waals surface area contributed by atoms with Crippen LogP contribution >= 0.6 is 0 Å². The SMILES string of the molecule is CNC(=O)c1ccc(NC(CO)CC(C)C)c(N)c1. The third-order valence-electron chi connectivity index (χ3n) is 2.88. The van der Waals surface area contributed by atoms with E-state index in [4.69, 9.17) is 5.73 Å². The molecule has 1 atom stereocenters. The summed E-state index contributed by atoms with van der Waals surface area (Å²) < 4.78 is 0. The van der Waals surface area contributed by atoms with Gasteiger partial charge in [-0.3, -0.25) is 4.79 Å². The number of benzene rings is 1. The molecule has 0 saturated heterocycles. The highest BCUT2D eigenvalue weighted by Gasteiger charge is 2.12. The maximum atomic E-state index is 11.5. The molecule has 5 heteroatoms. The molecule has 0 aromatic heterocycles. The molecule has 1 unspecified atom stereocenters. The summed E-state index contributed by atoms with van der Waals surface area (Å²) in [5, 5.41) is 15.1. The van der Waals surface area contributed by atoms with Crippen molar-refractivity contribution in [1.82, 2.24) is 5.32 Å². The number of carbonyl (C=O) groups is 1. The molecule has 19 heavy (non-hydrogen) atoms. The largest absolute Gasteiger partial charge is 0.397 e. The summed E-state index contributed by atoms with van der Waals surface area (Å²) in [6.45, 7) is 4.25. The molecule has 0 bridgehead atoms. The van der Waals surface area contributed by atoms with E-state index in [2.05, 4.69) is 24.5 Å². The average molecular weight is 265 g/mol. The van der Waals surface area contributed by atoms with Crippen molar-refractivity contribution >= 4 is 17.3 Å². The van der Waals surface area contributed by atoms with Crippen LogP contribution in [0.1, 0.15) is 30.6 Å². The monoisotopic (exact) mass is 265 g/mol. The van der Waals surface area contributed by atoms with Crippen molar-refractivity contribution in [3.63, 3.8) is 0 Å². The molecule has 0 fully saturated rings. The molecule has 0 saturated carbocycles. The van der Waals surface area contributed by atoms with Crippen LogP contribution in [0.3, 0.4) is 0 Å². The summed E-state index contributed by atoms with van der Waals surface area (Å²) >= 11 is 0. The first-order valence-electron chi connectivity index (χ1n) is 6.47. The van der Waals surface area contributed by atoms with Gasteiger partial charge < -0.3 is 21.5 Å². The fourth-order valence-corrected chi connectivity index (χ4v) is 1.95. The average Bonchev–Trinajstić information content (AvgIpc) is 2.38. The molecule has 0 aliphatic heterocycles. The lowest BCUT2D eigenvalue weighted by Gasteiger charge is -2.20. The maximum Gasteiger partial charge on any atom is 0.251 e. The molecule has 0 aliphatic rings. The van der Waals surface area contributed by atoms with Gasteiger partial charge in [-0.1, -0.05) is 13.8 Å². The van der Waals surface area contributed by atoms with E-state index in [1.165, 1.54) is 0 Å². The molecule has 1 rings (SSSR count). The van der Waals surface area contributed by atoms with E-state index in [0.717, 1.165) is 12.1 Å². The Hall–Kier alpha value is -1.75. The van der Waals surface area contributed by atoms with Gasteiger partial charge >= 0.3 is 0 Å². The number of amides is 1. The highest BCUT2D eigenvalue weighted by molar-refractivity contribution is 5.95. The number of nitrogens with one attached hydrogen (secondary N) is 2. The van der Waals surface area contributed by atoms with Crippen LogP contribution in [-0.2, 0) is 0 Å². The zero-order chi connectivity index (χ0) is 14.4. The Kier molecular flexibility index (Phi) is 5.63. The van der Waals surface area contributed by atoms with Crippen LogP contribution in [0.15, 0.2) is 18.2 Å². The van der Waals surface area contributed by atoms with Crippen LogP contribution in [0.5, 0.6) is 0 Å². The van der Waals surface area contributed by atoms with Crippen molar-refractivity contribution in [1.29, 1.82) is 0 Å². The van der Waals surface area contributed by atoms with E-state index in [1.54, 1.807) is 25.2 Å². The molecular weight excluding hydrogens is 242 g/mol. The third-order valence-corrected chi connectivity index (χ3v) is 2.88. The molecule has 1 aromatic carbocycles. The molecule has 0 aliphatic carbocycles. The zero-order valence-electron chi connectivity index (χ0n) is 11.7. The van der Waals surface area contributed by atoms with Crippen LogP contribution in [0, 0.1) is 5.92 Å². The van der Waals surface area contributed by atoms with Gasteiger partial charge in [0.1, 0.15) is 0 Å². The number of carbonyl (C=O) groups excluding carboxylic acids is 1. The maximum absolute atomic E-state index is 11.5. The summed E-state index contributed by atoms with van der Waals surface area (Å²) in [6, 6.07) is 5.07. The minimum Gasteiger partial charge on any atom is -0.397 e. The van der Waals surface area contributed by atoms with Crippen LogP contribution in [0.25, 0.3) is 0 Å². The Bertz CT molecular complexity index is 433. The second-order valence-corrected chi connectivity index (χ2v) is 5.03. The lowest BCUT2D eigenvalue weighted by molar-refractivity contribution is 0.0963. The normalized spacial score (nSPS) is 12.3. The predicted molar refractivity (Wildman–Crippen MR) is 78.2 cm³/mol. The van der Waals surface area contributed by atoms with Crippen molar-refractivity contribution in [2.45, 2.75) is 26.3 Å². The van der Waals surface area contributed by atoms with Gasteiger partial charge in [0, 0.05) is 18.7 Å². The van der Waals surface area contributed by atoms with Crippen LogP contribution in [0.2, 0.25) is 0 Å². The summed E-state index contributed by atoms with van der Waals surface area (Å²) in [6.07, 6.45) is 0.854. The smallest absolute Gasteiger partial charge is 0.251 e. The van der Waals surface area contributed by atoms with E-state index in [-0.39, 0.29) is 18.6 Å². The van der Waals surface area contributed by atoms with Crippen LogP contribution in [0.4, 0.5) is 11.4 Å². The van der Waals surface area contributed by atoms with Crippen molar-refractivity contribution in [2.75, 3.05) is 24.7 Å². The summed E-state index contributed by atoms with van der Waals surface area (Å²) in [4.78, 5) is 11.5. The van der Waals surface area contributed by atoms with Gasteiger partial charge in [-0.2, -0.15) is 0 Å². The highest BCUT2D eigenvalue weighted by Crippen LogP contribution is 2.22. The Morgan fingerprint density at radius 1 is 1.42 bits per heavy atom. The van der Waals surface area contributed by atoms with Gasteiger partial charge in [0.15, 0.2) is 0 Å². The second kappa shape index (κ2) is 6.99. The van der Waals surface area contributed by atoms with Gasteiger partial charge in [0.05, 0.1) is 18.0 Å². The van der Waals surface area contributed by atoms with E-state index in [9.17, 15) is 9.90 Å². The lowest BCUT2D eigenvalue weighted by atomic mass is 10.0. The fourth-order valence-electron chi connectivity index (χ4n) is 1.95. The van der Waals surface area contributed by atoms with Crippen molar-refractivity contribution < 1.29 is 9.90 Å². The molecule has 1 aromatic rings. The van der Waals surface area contributed by atoms with Crippen molar-refractivity contribution in [3.8, 4) is 0 Å². The number of aliphatic hydroxyl groups is 1. The molecule has 5 N–H and O–H groups in total. The van der Waals surface area contributed by atoms with Gasteiger partial charge in [-0.15, -0.1) is 0 Å². The molecule has 106 valence electrons. The van der Waals surface area contributed by atoms with Gasteiger partial charge in [0.2, 0.25) is 0 Å². The summed E-state index contributed by atoms with van der Waals surface area (Å²) in [5.74, 6) is 0.315. The van der Waals surface area contributed by atoms with E-state index in [0.29, 0.717) is 17.2 Å². The number of hydrogen-bond acceptors (Lipinski definition) is 4. The van der Waals surface area contributed by atoms with E-state index >= 15 is 0 Å². The number of nitrogen functional groups attached to an aromatic ring is 1. The quantitative estimate of drug-likeness (QED) is 0.586. The van der Waals surface area contributed by atoms with Crippen molar-refractivity contribution in [3.05, 3.63) is 23.8 Å². The Balaban J connectivity index is 2.81. The first-order chi connectivity index (χ1) is 8.97. The topological polar surface area (TPSA) is 87.4 Å².